The summed E-state index contributed by atoms with van der Waals surface area (Å²) >= 11 is 0. The molecule has 21 aliphatic heterocycles. The summed E-state index contributed by atoms with van der Waals surface area (Å²) in [6.07, 6.45) is 0. The van der Waals surface area contributed by atoms with Gasteiger partial charge < -0.3 is 14.2 Å². The van der Waals surface area contributed by atoms with Crippen molar-refractivity contribution >= 4 is 94.3 Å². The molecule has 14 aromatic rings. The van der Waals surface area contributed by atoms with E-state index in [1.165, 1.54) is 98.6 Å². The van der Waals surface area contributed by atoms with Gasteiger partial charge in [0, 0.05) is 0 Å². The molecule has 0 saturated carbocycles. The van der Waals surface area contributed by atoms with Crippen LogP contribution in [0, 0.1) is 41.5 Å². The fourth-order valence-corrected chi connectivity index (χ4v) is 23.3. The fraction of sp³-hybridized carbons (Fsp3) is 0.125. The van der Waals surface area contributed by atoms with Crippen molar-refractivity contribution in [3.8, 4) is 34.5 Å². The summed E-state index contributed by atoms with van der Waals surface area (Å²) in [6.45, 7) is 8.51. The van der Waals surface area contributed by atoms with Crippen LogP contribution in [0.2, 0.25) is 0 Å². The van der Waals surface area contributed by atoms with E-state index < -0.39 is 99.4 Å². The summed E-state index contributed by atoms with van der Waals surface area (Å²) in [6, 6.07) is 86.0. The largest absolute Gasteiger partial charge is 0.457 e. The van der Waals surface area contributed by atoms with Gasteiger partial charge in [-0.15, -0.1) is 0 Å². The molecule has 123 heavy (non-hydrogen) atoms. The first-order valence-corrected chi connectivity index (χ1v) is 47.9. The van der Waals surface area contributed by atoms with Gasteiger partial charge in [0.2, 0.25) is 0 Å². The van der Waals surface area contributed by atoms with Crippen LogP contribution < -0.4 is 40.0 Å². The first kappa shape index (κ1) is 83.6. The Kier molecular flexibility index (Phi) is 23.0. The van der Waals surface area contributed by atoms with Gasteiger partial charge in [0.1, 0.15) is 34.5 Å². The van der Waals surface area contributed by atoms with E-state index in [0.717, 1.165) is 33.4 Å². The van der Waals surface area contributed by atoms with E-state index in [1.54, 1.807) is 255 Å². The normalized spacial score (nSPS) is 13.9. The molecule has 21 nitrogen and oxygen atoms in total. The lowest BCUT2D eigenvalue weighted by Gasteiger charge is -2.29. The Bertz CT molecular complexity index is 5890. The maximum Gasteiger partial charge on any atom is 0.264 e. The van der Waals surface area contributed by atoms with Gasteiger partial charge in [-0.2, -0.15) is 0 Å². The number of benzene rings is 14. The first-order chi connectivity index (χ1) is 58.8. The number of rotatable bonds is 12. The second-order valence-corrected chi connectivity index (χ2v) is 41.7. The Morgan fingerprint density at radius 1 is 0.171 bits per heavy atom. The van der Waals surface area contributed by atoms with Crippen molar-refractivity contribution in [2.45, 2.75) is 110 Å². The minimum Gasteiger partial charge on any atom is -0.457 e. The van der Waals surface area contributed by atoms with Crippen molar-refractivity contribution in [1.29, 1.82) is 0 Å². The summed E-state index contributed by atoms with van der Waals surface area (Å²) in [5.41, 5.74) is 7.56. The highest BCUT2D eigenvalue weighted by atomic mass is 32.2. The molecule has 0 amide bonds. The standard InChI is InChI=1S/C96H84N6O15S6/c1-67-7-43-91(44-8-67)118(103,104)97-61-73-55-74-57-75(56-73)63-99(120(107,108)93-47-11-69(3)12-48-93)81-25-37-88(38-26-81)117-90-41-29-84(30-42-90)102(123(113,114)96-53-17-72(6)18-54-96)66-78-59-76(64-100(121(109,110)94-49-13-70(4)14-50-94)82-21-33-86(34-22-82)115-85-31-19-79(97)20-32-85)58-77(60-78)65-101(122(111,112)95-51-15-71(5)16-52-95)83-27-39-89(40-28-83)116-87-35-23-80(24-36-87)98(62-74)119(105,106)92-45-9-68(2)10-46-92/h7-60H,61-66H2,1-6H3. The van der Waals surface area contributed by atoms with Crippen molar-refractivity contribution in [1.82, 2.24) is 0 Å². The Morgan fingerprint density at radius 3 is 0.398 bits per heavy atom. The number of hydrogen-bond acceptors (Lipinski definition) is 15. The van der Waals surface area contributed by atoms with E-state index in [9.17, 15) is 0 Å². The van der Waals surface area contributed by atoms with Crippen molar-refractivity contribution in [2.75, 3.05) is 25.8 Å². The third kappa shape index (κ3) is 18.0. The van der Waals surface area contributed by atoms with Crippen molar-refractivity contribution in [3.63, 3.8) is 0 Å². The molecule has 0 radical (unpaired) electrons. The topological polar surface area (TPSA) is 252 Å². The minimum atomic E-state index is -4.54. The van der Waals surface area contributed by atoms with Gasteiger partial charge in [0.05, 0.1) is 103 Å². The van der Waals surface area contributed by atoms with Gasteiger partial charge in [-0.3, -0.25) is 25.8 Å². The highest BCUT2D eigenvalue weighted by Gasteiger charge is 2.35. The van der Waals surface area contributed by atoms with Gasteiger partial charge in [0.15, 0.2) is 0 Å². The average Bonchev–Trinajstić information content (AvgIpc) is 0.782. The maximum absolute atomic E-state index is 15.7. The van der Waals surface area contributed by atoms with Crippen LogP contribution in [0.3, 0.4) is 0 Å². The lowest BCUT2D eigenvalue weighted by molar-refractivity contribution is 0.482. The van der Waals surface area contributed by atoms with Crippen molar-refractivity contribution in [2.24, 2.45) is 0 Å². The van der Waals surface area contributed by atoms with Crippen LogP contribution in [0.25, 0.3) is 0 Å². The monoisotopic (exact) mass is 1750 g/mol. The van der Waals surface area contributed by atoms with Gasteiger partial charge in [-0.25, -0.2) is 50.5 Å². The number of sulfonamides is 6. The molecule has 0 atom stereocenters. The van der Waals surface area contributed by atoms with Gasteiger partial charge in [0.25, 0.3) is 60.1 Å². The van der Waals surface area contributed by atoms with Crippen LogP contribution in [0.5, 0.6) is 34.5 Å². The summed E-state index contributed by atoms with van der Waals surface area (Å²) in [5, 5.41) is 0. The van der Waals surface area contributed by atoms with Crippen LogP contribution in [0.15, 0.2) is 357 Å². The van der Waals surface area contributed by atoms with Crippen LogP contribution >= 0.6 is 0 Å². The summed E-state index contributed by atoms with van der Waals surface area (Å²) in [4.78, 5) is -0.364. The highest BCUT2D eigenvalue weighted by Crippen LogP contribution is 2.41. The van der Waals surface area contributed by atoms with E-state index in [2.05, 4.69) is 0 Å². The molecule has 624 valence electrons. The molecule has 27 heteroatoms. The summed E-state index contributed by atoms with van der Waals surface area (Å²) < 4.78 is 215. The zero-order valence-electron chi connectivity index (χ0n) is 67.7. The minimum absolute atomic E-state index is 0.0607. The van der Waals surface area contributed by atoms with E-state index >= 15 is 50.5 Å². The number of aryl methyl sites for hydroxylation is 6. The summed E-state index contributed by atoms with van der Waals surface area (Å²) in [5.74, 6) is 1.43. The number of nitrogens with zero attached hydrogens (tertiary/aromatic N) is 6. The predicted octanol–water partition coefficient (Wildman–Crippen LogP) is 19.9. The van der Waals surface area contributed by atoms with Crippen LogP contribution in [0.1, 0.15) is 66.8 Å². The van der Waals surface area contributed by atoms with Crippen LogP contribution in [-0.2, 0) is 99.4 Å². The highest BCUT2D eigenvalue weighted by molar-refractivity contribution is 7.94. The lowest BCUT2D eigenvalue weighted by atomic mass is 10.0. The molecule has 21 aliphatic rings. The molecule has 18 bridgehead atoms. The molecular weight excluding hydrogens is 1670 g/mol. The molecule has 0 aromatic heterocycles. The predicted molar refractivity (Wildman–Crippen MR) is 479 cm³/mol. The van der Waals surface area contributed by atoms with Gasteiger partial charge >= 0.3 is 0 Å². The van der Waals surface area contributed by atoms with Gasteiger partial charge in [-0.1, -0.05) is 143 Å². The molecule has 0 aliphatic carbocycles. The molecule has 0 unspecified atom stereocenters. The van der Waals surface area contributed by atoms with E-state index in [-0.39, 0.29) is 98.0 Å². The van der Waals surface area contributed by atoms with Gasteiger partial charge in [-0.05, 0) is 293 Å². The van der Waals surface area contributed by atoms with E-state index in [0.29, 0.717) is 33.4 Å². The molecule has 0 saturated heterocycles. The molecular formula is C96H84N6O15S6. The van der Waals surface area contributed by atoms with Crippen molar-refractivity contribution in [3.05, 3.63) is 394 Å². The van der Waals surface area contributed by atoms with E-state index in [1.807, 2.05) is 41.5 Å². The van der Waals surface area contributed by atoms with E-state index in [4.69, 9.17) is 14.2 Å². The third-order valence-corrected chi connectivity index (χ3v) is 32.0. The number of anilines is 6. The summed E-state index contributed by atoms with van der Waals surface area (Å²) in [7, 11) is -27.2. The maximum atomic E-state index is 15.7. The second kappa shape index (κ2) is 33.8. The smallest absolute Gasteiger partial charge is 0.264 e. The first-order valence-electron chi connectivity index (χ1n) is 39.2. The zero-order valence-corrected chi connectivity index (χ0v) is 72.6. The lowest BCUT2D eigenvalue weighted by Crippen LogP contribution is -2.33. The SMILES string of the molecule is Cc1ccc(S(=O)(=O)N2Cc3cc4cc(c3)CN(S(=O)(=O)c3ccc(C)cc3)c3ccc(cc3)Oc3ccc(cc3)N(S(=O)(=O)c3ccc(C)cc3)Cc3cc(cc(c3)CN(S(=O)(=O)c3ccc(C)cc3)c3ccc(cc3)Oc3ccc(cc3)N(S(=O)(=O)c3ccc(C)cc3)C4)CN(S(=O)(=O)c3ccc(C)cc3)c3ccc(cc3)Oc3ccc2cc3)cc1. The molecule has 21 heterocycles. The molecule has 14 aromatic carbocycles. The van der Waals surface area contributed by atoms with Crippen LogP contribution in [-0.4, -0.2) is 50.5 Å². The quantitative estimate of drug-likeness (QED) is 0.110. The van der Waals surface area contributed by atoms with Crippen LogP contribution in [0.4, 0.5) is 34.1 Å². The van der Waals surface area contributed by atoms with Crippen molar-refractivity contribution < 1.29 is 64.7 Å². The fourth-order valence-electron chi connectivity index (χ4n) is 14.6. The second-order valence-electron chi connectivity index (χ2n) is 30.5. The molecule has 35 rings (SSSR count). The molecule has 0 N–H and O–H groups in total. The average molecular weight is 1750 g/mol. The molecule has 0 fully saturated rings. The zero-order chi connectivity index (χ0) is 86.3. The molecule has 0 spiro atoms. The Morgan fingerprint density at radius 2 is 0.285 bits per heavy atom. The Labute approximate surface area is 718 Å². The third-order valence-electron chi connectivity index (χ3n) is 21.3. The number of hydrogen-bond donors (Lipinski definition) is 0. The Balaban J connectivity index is 0.942. The number of ether oxygens (including phenoxy) is 3. The Hall–Kier alpha value is -13.0.